The van der Waals surface area contributed by atoms with Crippen molar-refractivity contribution >= 4 is 34.1 Å². The second-order valence-corrected chi connectivity index (χ2v) is 9.45. The molecule has 0 unspecified atom stereocenters. The minimum Gasteiger partial charge on any atom is -0.310 e. The average Bonchev–Trinajstić information content (AvgIpc) is 3.01. The summed E-state index contributed by atoms with van der Waals surface area (Å²) in [6.07, 6.45) is 0.790. The molecule has 0 amide bonds. The highest BCUT2D eigenvalue weighted by Gasteiger charge is 2.19. The third-order valence-corrected chi connectivity index (χ3v) is 6.90. The second kappa shape index (κ2) is 11.5. The van der Waals surface area contributed by atoms with E-state index in [4.69, 9.17) is 0 Å². The largest absolute Gasteiger partial charge is 0.310 e. The van der Waals surface area contributed by atoms with Crippen molar-refractivity contribution in [3.05, 3.63) is 181 Å². The van der Waals surface area contributed by atoms with Crippen molar-refractivity contribution in [2.24, 2.45) is 0 Å². The highest BCUT2D eigenvalue weighted by Crippen LogP contribution is 2.40. The Morgan fingerprint density at radius 1 is 0.282 bits per heavy atom. The zero-order valence-electron chi connectivity index (χ0n) is 21.8. The molecule has 0 aliphatic carbocycles. The van der Waals surface area contributed by atoms with Crippen LogP contribution in [0.5, 0.6) is 0 Å². The second-order valence-electron chi connectivity index (χ2n) is 9.45. The average molecular weight is 503 g/mol. The first kappa shape index (κ1) is 24.3. The Morgan fingerprint density at radius 3 is 0.846 bits per heavy atom. The van der Waals surface area contributed by atoms with Crippen LogP contribution in [0.3, 0.4) is 0 Å². The van der Waals surface area contributed by atoms with Gasteiger partial charge in [0, 0.05) is 40.5 Å². The molecule has 0 spiro atoms. The maximum atomic E-state index is 2.35. The van der Waals surface area contributed by atoms with Crippen molar-refractivity contribution in [2.45, 2.75) is 6.42 Å². The van der Waals surface area contributed by atoms with E-state index < -0.39 is 0 Å². The lowest BCUT2D eigenvalue weighted by Crippen LogP contribution is -2.14. The number of hydrogen-bond donors (Lipinski definition) is 0. The summed E-state index contributed by atoms with van der Waals surface area (Å²) in [5.41, 5.74) is 9.43. The molecule has 0 radical (unpaired) electrons. The van der Waals surface area contributed by atoms with Gasteiger partial charge < -0.3 is 9.80 Å². The molecule has 0 saturated heterocycles. The summed E-state index contributed by atoms with van der Waals surface area (Å²) in [5, 5.41) is 0. The van der Waals surface area contributed by atoms with Crippen molar-refractivity contribution in [1.29, 1.82) is 0 Å². The third-order valence-electron chi connectivity index (χ3n) is 6.90. The van der Waals surface area contributed by atoms with Gasteiger partial charge in [-0.25, -0.2) is 0 Å². The highest BCUT2D eigenvalue weighted by atomic mass is 15.2. The quantitative estimate of drug-likeness (QED) is 0.204. The fraction of sp³-hybridized carbons (Fsp3) is 0.0270. The number of nitrogens with zero attached hydrogens (tertiary/aromatic N) is 2. The zero-order chi connectivity index (χ0) is 26.3. The Morgan fingerprint density at radius 2 is 0.538 bits per heavy atom. The fourth-order valence-electron chi connectivity index (χ4n) is 5.12. The molecule has 0 aromatic heterocycles. The van der Waals surface area contributed by atoms with Crippen LogP contribution in [0, 0.1) is 0 Å². The summed E-state index contributed by atoms with van der Waals surface area (Å²) in [5.74, 6) is 0. The van der Waals surface area contributed by atoms with E-state index in [1.807, 2.05) is 0 Å². The standard InChI is InChI=1S/C37H30N2/c1-5-19-32(20-6-1)38(33-21-7-2-8-22-33)36-27-15-13-17-30(36)29-31-18-14-16-28-37(31)39(34-23-9-3-10-24-34)35-25-11-4-12-26-35/h1-28H,29H2. The maximum Gasteiger partial charge on any atom is 0.0496 e. The lowest BCUT2D eigenvalue weighted by molar-refractivity contribution is 1.13. The van der Waals surface area contributed by atoms with Gasteiger partial charge in [0.2, 0.25) is 0 Å². The van der Waals surface area contributed by atoms with Gasteiger partial charge >= 0.3 is 0 Å². The van der Waals surface area contributed by atoms with Crippen molar-refractivity contribution in [2.75, 3.05) is 9.80 Å². The number of hydrogen-bond acceptors (Lipinski definition) is 2. The molecule has 2 heteroatoms. The summed E-state index contributed by atoms with van der Waals surface area (Å²) in [6, 6.07) is 59.9. The lowest BCUT2D eigenvalue weighted by atomic mass is 9.99. The fourth-order valence-corrected chi connectivity index (χ4v) is 5.12. The van der Waals surface area contributed by atoms with Crippen LogP contribution in [0.15, 0.2) is 170 Å². The van der Waals surface area contributed by atoms with Gasteiger partial charge in [-0.1, -0.05) is 109 Å². The van der Waals surface area contributed by atoms with E-state index >= 15 is 0 Å². The Bertz CT molecular complexity index is 1410. The first-order valence-corrected chi connectivity index (χ1v) is 13.3. The summed E-state index contributed by atoms with van der Waals surface area (Å²) >= 11 is 0. The molecular formula is C37H30N2. The van der Waals surface area contributed by atoms with Crippen molar-refractivity contribution in [3.8, 4) is 0 Å². The zero-order valence-corrected chi connectivity index (χ0v) is 21.8. The van der Waals surface area contributed by atoms with Gasteiger partial charge in [-0.15, -0.1) is 0 Å². The number of rotatable bonds is 8. The van der Waals surface area contributed by atoms with Gasteiger partial charge in [0.05, 0.1) is 0 Å². The first-order valence-electron chi connectivity index (χ1n) is 13.3. The molecular weight excluding hydrogens is 472 g/mol. The molecule has 6 aromatic carbocycles. The normalized spacial score (nSPS) is 10.7. The van der Waals surface area contributed by atoms with Crippen molar-refractivity contribution < 1.29 is 0 Å². The summed E-state index contributed by atoms with van der Waals surface area (Å²) < 4.78 is 0. The van der Waals surface area contributed by atoms with Crippen LogP contribution in [0.2, 0.25) is 0 Å². The summed E-state index contributed by atoms with van der Waals surface area (Å²) in [6.45, 7) is 0. The van der Waals surface area contributed by atoms with E-state index in [1.165, 1.54) is 22.5 Å². The van der Waals surface area contributed by atoms with Gasteiger partial charge in [0.25, 0.3) is 0 Å². The van der Waals surface area contributed by atoms with Crippen molar-refractivity contribution in [1.82, 2.24) is 0 Å². The van der Waals surface area contributed by atoms with Crippen LogP contribution in [-0.4, -0.2) is 0 Å². The smallest absolute Gasteiger partial charge is 0.0496 e. The Hall–Kier alpha value is -5.08. The molecule has 0 bridgehead atoms. The molecule has 0 fully saturated rings. The monoisotopic (exact) mass is 502 g/mol. The van der Waals surface area contributed by atoms with E-state index in [-0.39, 0.29) is 0 Å². The van der Waals surface area contributed by atoms with Crippen LogP contribution in [0.4, 0.5) is 34.1 Å². The molecule has 188 valence electrons. The SMILES string of the molecule is c1ccc(N(c2ccccc2)c2ccccc2Cc2ccccc2N(c2ccccc2)c2ccccc2)cc1. The van der Waals surface area contributed by atoms with Gasteiger partial charge in [-0.05, 0) is 71.8 Å². The highest BCUT2D eigenvalue weighted by molar-refractivity contribution is 5.81. The molecule has 0 heterocycles. The van der Waals surface area contributed by atoms with Crippen LogP contribution < -0.4 is 9.80 Å². The molecule has 0 atom stereocenters. The van der Waals surface area contributed by atoms with Crippen LogP contribution in [0.25, 0.3) is 0 Å². The van der Waals surface area contributed by atoms with Crippen LogP contribution in [0.1, 0.15) is 11.1 Å². The predicted molar refractivity (Wildman–Crippen MR) is 165 cm³/mol. The molecule has 0 N–H and O–H groups in total. The number of anilines is 6. The topological polar surface area (TPSA) is 6.48 Å². The summed E-state index contributed by atoms with van der Waals surface area (Å²) in [4.78, 5) is 4.70. The molecule has 0 aliphatic rings. The minimum absolute atomic E-state index is 0.790. The first-order chi connectivity index (χ1) is 19.4. The molecule has 6 aromatic rings. The summed E-state index contributed by atoms with van der Waals surface area (Å²) in [7, 11) is 0. The Kier molecular flexibility index (Phi) is 7.18. The van der Waals surface area contributed by atoms with Crippen molar-refractivity contribution in [3.63, 3.8) is 0 Å². The van der Waals surface area contributed by atoms with Crippen LogP contribution in [-0.2, 0) is 6.42 Å². The van der Waals surface area contributed by atoms with Gasteiger partial charge in [0.15, 0.2) is 0 Å². The molecule has 39 heavy (non-hydrogen) atoms. The van der Waals surface area contributed by atoms with E-state index in [0.717, 1.165) is 29.2 Å². The molecule has 2 nitrogen and oxygen atoms in total. The molecule has 0 saturated carbocycles. The van der Waals surface area contributed by atoms with E-state index in [1.54, 1.807) is 0 Å². The minimum atomic E-state index is 0.790. The van der Waals surface area contributed by atoms with Gasteiger partial charge in [-0.3, -0.25) is 0 Å². The number of benzene rings is 6. The van der Waals surface area contributed by atoms with E-state index in [0.29, 0.717) is 0 Å². The van der Waals surface area contributed by atoms with E-state index in [2.05, 4.69) is 180 Å². The van der Waals surface area contributed by atoms with Crippen LogP contribution >= 0.6 is 0 Å². The van der Waals surface area contributed by atoms with Gasteiger partial charge in [0.1, 0.15) is 0 Å². The molecule has 0 aliphatic heterocycles. The van der Waals surface area contributed by atoms with E-state index in [9.17, 15) is 0 Å². The Balaban J connectivity index is 1.46. The third kappa shape index (κ3) is 5.32. The molecule has 6 rings (SSSR count). The Labute approximate surface area is 231 Å². The maximum absolute atomic E-state index is 2.35. The lowest BCUT2D eigenvalue weighted by Gasteiger charge is -2.29. The predicted octanol–water partition coefficient (Wildman–Crippen LogP) is 10.2. The number of para-hydroxylation sites is 6. The van der Waals surface area contributed by atoms with Gasteiger partial charge in [-0.2, -0.15) is 0 Å².